The van der Waals surface area contributed by atoms with Crippen LogP contribution in [0.25, 0.3) is 11.1 Å². The molecular formula is C18H18N2O2. The summed E-state index contributed by atoms with van der Waals surface area (Å²) in [5, 5.41) is 3.22. The highest BCUT2D eigenvalue weighted by Crippen LogP contribution is 2.27. The lowest BCUT2D eigenvalue weighted by Crippen LogP contribution is -1.93. The van der Waals surface area contributed by atoms with Crippen molar-refractivity contribution >= 4 is 29.1 Å². The monoisotopic (exact) mass is 294 g/mol. The number of aromatic nitrogens is 1. The van der Waals surface area contributed by atoms with Crippen LogP contribution in [-0.4, -0.2) is 11.3 Å². The molecule has 0 saturated heterocycles. The topological polar surface area (TPSA) is 55.1 Å². The average molecular weight is 294 g/mol. The number of benzene rings is 2. The molecule has 0 radical (unpaired) electrons. The Kier molecular flexibility index (Phi) is 3.92. The van der Waals surface area contributed by atoms with Gasteiger partial charge in [0.15, 0.2) is 5.58 Å². The number of hydrogen-bond donors (Lipinski definition) is 1. The third kappa shape index (κ3) is 2.72. The molecule has 1 heterocycles. The molecule has 0 bridgehead atoms. The zero-order valence-electron chi connectivity index (χ0n) is 12.7. The molecule has 0 aliphatic carbocycles. The fourth-order valence-corrected chi connectivity index (χ4v) is 2.53. The molecule has 1 N–H and O–H groups in total. The van der Waals surface area contributed by atoms with Crippen LogP contribution in [-0.2, 0) is 17.6 Å². The molecule has 0 amide bonds. The van der Waals surface area contributed by atoms with E-state index in [1.165, 1.54) is 0 Å². The van der Waals surface area contributed by atoms with E-state index in [1.54, 1.807) is 0 Å². The van der Waals surface area contributed by atoms with E-state index < -0.39 is 0 Å². The van der Waals surface area contributed by atoms with Crippen LogP contribution in [0.3, 0.4) is 0 Å². The Morgan fingerprint density at radius 3 is 2.82 bits per heavy atom. The summed E-state index contributed by atoms with van der Waals surface area (Å²) in [6.07, 6.45) is 2.15. The zero-order chi connectivity index (χ0) is 15.5. The number of rotatable bonds is 5. The first kappa shape index (κ1) is 14.3. The van der Waals surface area contributed by atoms with Crippen molar-refractivity contribution in [2.45, 2.75) is 26.7 Å². The molecule has 0 spiro atoms. The van der Waals surface area contributed by atoms with Gasteiger partial charge in [-0.15, -0.1) is 0 Å². The van der Waals surface area contributed by atoms with Crippen LogP contribution in [0.4, 0.5) is 11.7 Å². The van der Waals surface area contributed by atoms with E-state index in [2.05, 4.69) is 17.2 Å². The van der Waals surface area contributed by atoms with Crippen LogP contribution in [0, 0.1) is 6.92 Å². The summed E-state index contributed by atoms with van der Waals surface area (Å²) in [5.74, 6) is 0. The summed E-state index contributed by atoms with van der Waals surface area (Å²) in [6.45, 7) is 4.10. The maximum absolute atomic E-state index is 10.7. The number of para-hydroxylation sites is 1. The van der Waals surface area contributed by atoms with Gasteiger partial charge >= 0.3 is 0 Å². The van der Waals surface area contributed by atoms with Crippen molar-refractivity contribution in [2.75, 3.05) is 5.32 Å². The average Bonchev–Trinajstić information content (AvgIpc) is 2.91. The van der Waals surface area contributed by atoms with Gasteiger partial charge in [0.25, 0.3) is 6.01 Å². The Morgan fingerprint density at radius 1 is 1.27 bits per heavy atom. The van der Waals surface area contributed by atoms with Crippen molar-refractivity contribution in [3.05, 3.63) is 53.1 Å². The van der Waals surface area contributed by atoms with Crippen LogP contribution in [0.15, 0.2) is 40.8 Å². The number of aryl methyl sites for hydroxylation is 2. The number of nitrogens with one attached hydrogen (secondary N) is 1. The first-order valence-corrected chi connectivity index (χ1v) is 7.40. The normalized spacial score (nSPS) is 10.8. The van der Waals surface area contributed by atoms with Gasteiger partial charge in [0.1, 0.15) is 11.8 Å². The molecule has 0 aliphatic rings. The largest absolute Gasteiger partial charge is 0.423 e. The van der Waals surface area contributed by atoms with Gasteiger partial charge < -0.3 is 14.5 Å². The molecular weight excluding hydrogens is 276 g/mol. The summed E-state index contributed by atoms with van der Waals surface area (Å²) >= 11 is 0. The second-order valence-electron chi connectivity index (χ2n) is 5.28. The molecule has 2 aromatic carbocycles. The van der Waals surface area contributed by atoms with E-state index >= 15 is 0 Å². The maximum Gasteiger partial charge on any atom is 0.300 e. The Balaban J connectivity index is 2.02. The number of nitrogens with zero attached hydrogens (tertiary/aromatic N) is 1. The Morgan fingerprint density at radius 2 is 2.09 bits per heavy atom. The van der Waals surface area contributed by atoms with E-state index in [0.717, 1.165) is 40.6 Å². The molecule has 4 heteroatoms. The van der Waals surface area contributed by atoms with Crippen molar-refractivity contribution in [1.29, 1.82) is 0 Å². The third-order valence-corrected chi connectivity index (χ3v) is 3.72. The van der Waals surface area contributed by atoms with Gasteiger partial charge in [0, 0.05) is 12.1 Å². The Bertz CT molecular complexity index is 821. The maximum atomic E-state index is 10.7. The smallest absolute Gasteiger partial charge is 0.300 e. The quantitative estimate of drug-likeness (QED) is 0.717. The lowest BCUT2D eigenvalue weighted by Gasteiger charge is -2.04. The minimum absolute atomic E-state index is 0.393. The Hall–Kier alpha value is -2.62. The summed E-state index contributed by atoms with van der Waals surface area (Å²) < 4.78 is 5.82. The predicted octanol–water partition coefficient (Wildman–Crippen LogP) is 4.18. The van der Waals surface area contributed by atoms with Gasteiger partial charge in [-0.05, 0) is 42.2 Å². The van der Waals surface area contributed by atoms with Gasteiger partial charge in [-0.25, -0.2) is 0 Å². The van der Waals surface area contributed by atoms with Crippen LogP contribution in [0.2, 0.25) is 0 Å². The third-order valence-electron chi connectivity index (χ3n) is 3.72. The van der Waals surface area contributed by atoms with E-state index in [4.69, 9.17) is 4.42 Å². The van der Waals surface area contributed by atoms with E-state index in [9.17, 15) is 4.79 Å². The van der Waals surface area contributed by atoms with Crippen LogP contribution < -0.4 is 5.32 Å². The molecule has 0 unspecified atom stereocenters. The zero-order valence-corrected chi connectivity index (χ0v) is 12.7. The molecule has 3 aromatic rings. The van der Waals surface area contributed by atoms with Gasteiger partial charge in [-0.1, -0.05) is 31.2 Å². The fourth-order valence-electron chi connectivity index (χ4n) is 2.53. The van der Waals surface area contributed by atoms with Crippen molar-refractivity contribution in [1.82, 2.24) is 4.98 Å². The molecule has 3 rings (SSSR count). The van der Waals surface area contributed by atoms with Crippen molar-refractivity contribution in [3.63, 3.8) is 0 Å². The van der Waals surface area contributed by atoms with Gasteiger partial charge in [0.05, 0.1) is 0 Å². The first-order valence-electron chi connectivity index (χ1n) is 7.40. The highest BCUT2D eigenvalue weighted by molar-refractivity contribution is 5.80. The standard InChI is InChI=1S/C18H18N2O2/c1-3-14-10-13(8-9-21)11-16-17(14)20-18(22-16)19-15-7-5-4-6-12(15)2/h4-7,9-11H,3,8H2,1-2H3,(H,19,20). The molecule has 22 heavy (non-hydrogen) atoms. The van der Waals surface area contributed by atoms with E-state index in [1.807, 2.05) is 43.3 Å². The number of anilines is 2. The lowest BCUT2D eigenvalue weighted by molar-refractivity contribution is -0.107. The summed E-state index contributed by atoms with van der Waals surface area (Å²) in [6, 6.07) is 12.4. The number of carbonyl (C=O) groups is 1. The molecule has 4 nitrogen and oxygen atoms in total. The summed E-state index contributed by atoms with van der Waals surface area (Å²) in [7, 11) is 0. The van der Waals surface area contributed by atoms with Crippen molar-refractivity contribution in [2.24, 2.45) is 0 Å². The molecule has 0 atom stereocenters. The van der Waals surface area contributed by atoms with E-state index in [-0.39, 0.29) is 0 Å². The Labute approximate surface area is 129 Å². The van der Waals surface area contributed by atoms with Crippen LogP contribution in [0.1, 0.15) is 23.6 Å². The fraction of sp³-hybridized carbons (Fsp3) is 0.222. The highest BCUT2D eigenvalue weighted by atomic mass is 16.4. The molecule has 1 aromatic heterocycles. The lowest BCUT2D eigenvalue weighted by atomic mass is 10.1. The predicted molar refractivity (Wildman–Crippen MR) is 87.6 cm³/mol. The summed E-state index contributed by atoms with van der Waals surface area (Å²) in [5.41, 5.74) is 5.72. The number of fused-ring (bicyclic) bond motifs is 1. The molecule has 112 valence electrons. The number of aldehydes is 1. The minimum Gasteiger partial charge on any atom is -0.423 e. The van der Waals surface area contributed by atoms with Crippen molar-refractivity contribution in [3.8, 4) is 0 Å². The summed E-state index contributed by atoms with van der Waals surface area (Å²) in [4.78, 5) is 15.3. The molecule has 0 aliphatic heterocycles. The highest BCUT2D eigenvalue weighted by Gasteiger charge is 2.12. The van der Waals surface area contributed by atoms with Crippen molar-refractivity contribution < 1.29 is 9.21 Å². The molecule has 0 fully saturated rings. The number of hydrogen-bond acceptors (Lipinski definition) is 4. The van der Waals surface area contributed by atoms with Crippen LogP contribution >= 0.6 is 0 Å². The SMILES string of the molecule is CCc1cc(CC=O)cc2oc(Nc3ccccc3C)nc12. The van der Waals surface area contributed by atoms with Gasteiger partial charge in [-0.3, -0.25) is 0 Å². The molecule has 0 saturated carbocycles. The number of oxazole rings is 1. The van der Waals surface area contributed by atoms with Gasteiger partial charge in [-0.2, -0.15) is 4.98 Å². The number of carbonyl (C=O) groups excluding carboxylic acids is 1. The van der Waals surface area contributed by atoms with Crippen LogP contribution in [0.5, 0.6) is 0 Å². The second kappa shape index (κ2) is 6.02. The van der Waals surface area contributed by atoms with Gasteiger partial charge in [0.2, 0.25) is 0 Å². The minimum atomic E-state index is 0.393. The second-order valence-corrected chi connectivity index (χ2v) is 5.28. The van der Waals surface area contributed by atoms with E-state index in [0.29, 0.717) is 18.0 Å². The first-order chi connectivity index (χ1) is 10.7.